The van der Waals surface area contributed by atoms with Gasteiger partial charge < -0.3 is 5.32 Å². The molecule has 13 heavy (non-hydrogen) atoms. The minimum absolute atomic E-state index is 0.653. The molecule has 0 unspecified atom stereocenters. The van der Waals surface area contributed by atoms with Crippen molar-refractivity contribution < 1.29 is 0 Å². The normalized spacial score (nSPS) is 30.0. The molecule has 1 N–H and O–H groups in total. The van der Waals surface area contributed by atoms with Crippen LogP contribution in [0.3, 0.4) is 0 Å². The highest BCUT2D eigenvalue weighted by Crippen LogP contribution is 2.29. The zero-order valence-electron chi connectivity index (χ0n) is 9.64. The summed E-state index contributed by atoms with van der Waals surface area (Å²) in [7, 11) is 0. The molecule has 1 fully saturated rings. The molecule has 1 heteroatoms. The van der Waals surface area contributed by atoms with Crippen LogP contribution in [0.4, 0.5) is 0 Å². The van der Waals surface area contributed by atoms with Crippen LogP contribution in [-0.4, -0.2) is 12.1 Å². The van der Waals surface area contributed by atoms with Gasteiger partial charge in [-0.3, -0.25) is 0 Å². The molecule has 78 valence electrons. The van der Waals surface area contributed by atoms with Gasteiger partial charge in [-0.25, -0.2) is 0 Å². The highest BCUT2D eigenvalue weighted by atomic mass is 14.9. The van der Waals surface area contributed by atoms with Crippen LogP contribution in [0.1, 0.15) is 53.4 Å². The molecule has 0 atom stereocenters. The van der Waals surface area contributed by atoms with Crippen LogP contribution in [0.25, 0.3) is 0 Å². The van der Waals surface area contributed by atoms with Gasteiger partial charge in [0.15, 0.2) is 0 Å². The summed E-state index contributed by atoms with van der Waals surface area (Å²) < 4.78 is 0. The molecular weight excluding hydrogens is 158 g/mol. The average Bonchev–Trinajstić information content (AvgIpc) is 2.04. The highest BCUT2D eigenvalue weighted by molar-refractivity contribution is 4.79. The maximum atomic E-state index is 3.64. The Bertz CT molecular complexity index is 132. The van der Waals surface area contributed by atoms with Crippen LogP contribution in [-0.2, 0) is 0 Å². The van der Waals surface area contributed by atoms with E-state index in [1.165, 1.54) is 25.7 Å². The lowest BCUT2D eigenvalue weighted by molar-refractivity contribution is 0.232. The van der Waals surface area contributed by atoms with Crippen molar-refractivity contribution >= 4 is 0 Å². The van der Waals surface area contributed by atoms with Gasteiger partial charge >= 0.3 is 0 Å². The Morgan fingerprint density at radius 3 is 1.85 bits per heavy atom. The maximum absolute atomic E-state index is 3.64. The zero-order chi connectivity index (χ0) is 9.84. The smallest absolute Gasteiger partial charge is 0.00696 e. The molecule has 1 aliphatic rings. The summed E-state index contributed by atoms with van der Waals surface area (Å²) in [6.07, 6.45) is 5.64. The van der Waals surface area contributed by atoms with Gasteiger partial charge in [-0.15, -0.1) is 0 Å². The van der Waals surface area contributed by atoms with E-state index in [1.807, 2.05) is 0 Å². The first-order valence-electron chi connectivity index (χ1n) is 5.85. The summed E-state index contributed by atoms with van der Waals surface area (Å²) in [5.41, 5.74) is 0. The van der Waals surface area contributed by atoms with Crippen molar-refractivity contribution in [3.05, 3.63) is 0 Å². The molecule has 0 heterocycles. The van der Waals surface area contributed by atoms with Gasteiger partial charge in [-0.2, -0.15) is 0 Å². The maximum Gasteiger partial charge on any atom is 0.00696 e. The average molecular weight is 183 g/mol. The second kappa shape index (κ2) is 4.99. The van der Waals surface area contributed by atoms with Crippen LogP contribution >= 0.6 is 0 Å². The van der Waals surface area contributed by atoms with Crippen LogP contribution in [0.5, 0.6) is 0 Å². The largest absolute Gasteiger partial charge is 0.312 e. The molecule has 1 nitrogen and oxygen atoms in total. The minimum atomic E-state index is 0.653. The van der Waals surface area contributed by atoms with Crippen molar-refractivity contribution in [2.75, 3.05) is 0 Å². The van der Waals surface area contributed by atoms with Gasteiger partial charge in [0.1, 0.15) is 0 Å². The van der Waals surface area contributed by atoms with Crippen LogP contribution in [0.15, 0.2) is 0 Å². The molecule has 1 rings (SSSR count). The van der Waals surface area contributed by atoms with E-state index in [0.29, 0.717) is 6.04 Å². The predicted molar refractivity (Wildman–Crippen MR) is 58.9 cm³/mol. The molecule has 0 aromatic heterocycles. The Morgan fingerprint density at radius 1 is 0.923 bits per heavy atom. The number of hydrogen-bond donors (Lipinski definition) is 1. The van der Waals surface area contributed by atoms with Crippen molar-refractivity contribution in [1.82, 2.24) is 5.32 Å². The van der Waals surface area contributed by atoms with Crippen molar-refractivity contribution in [2.45, 2.75) is 65.5 Å². The van der Waals surface area contributed by atoms with Crippen molar-refractivity contribution in [1.29, 1.82) is 0 Å². The fourth-order valence-corrected chi connectivity index (χ4v) is 2.42. The number of hydrogen-bond acceptors (Lipinski definition) is 1. The third-order valence-electron chi connectivity index (χ3n) is 3.28. The summed E-state index contributed by atoms with van der Waals surface area (Å²) in [4.78, 5) is 0. The Balaban J connectivity index is 2.22. The van der Waals surface area contributed by atoms with Crippen molar-refractivity contribution in [2.24, 2.45) is 11.8 Å². The summed E-state index contributed by atoms with van der Waals surface area (Å²) in [5.74, 6) is 1.88. The Hall–Kier alpha value is -0.0400. The fraction of sp³-hybridized carbons (Fsp3) is 1.00. The molecule has 0 saturated heterocycles. The molecule has 1 saturated carbocycles. The van der Waals surface area contributed by atoms with E-state index < -0.39 is 0 Å². The Labute approximate surface area is 83.3 Å². The first kappa shape index (κ1) is 11.0. The highest BCUT2D eigenvalue weighted by Gasteiger charge is 2.22. The molecule has 1 aliphatic carbocycles. The van der Waals surface area contributed by atoms with Gasteiger partial charge in [-0.1, -0.05) is 27.7 Å². The third-order valence-corrected chi connectivity index (χ3v) is 3.28. The molecule has 0 aromatic rings. The molecular formula is C12H25N. The SMILES string of the molecule is CC(C)N[C@H]1CC[C@@H](C(C)C)CC1. The van der Waals surface area contributed by atoms with E-state index in [2.05, 4.69) is 33.0 Å². The summed E-state index contributed by atoms with van der Waals surface area (Å²) in [6.45, 7) is 9.21. The van der Waals surface area contributed by atoms with E-state index in [0.717, 1.165) is 17.9 Å². The van der Waals surface area contributed by atoms with Crippen LogP contribution in [0, 0.1) is 11.8 Å². The van der Waals surface area contributed by atoms with E-state index >= 15 is 0 Å². The van der Waals surface area contributed by atoms with Gasteiger partial charge in [0, 0.05) is 12.1 Å². The molecule has 0 aliphatic heterocycles. The van der Waals surface area contributed by atoms with E-state index in [-0.39, 0.29) is 0 Å². The summed E-state index contributed by atoms with van der Waals surface area (Å²) in [5, 5.41) is 3.64. The number of nitrogens with one attached hydrogen (secondary N) is 1. The minimum Gasteiger partial charge on any atom is -0.312 e. The van der Waals surface area contributed by atoms with Crippen LogP contribution in [0.2, 0.25) is 0 Å². The van der Waals surface area contributed by atoms with Crippen molar-refractivity contribution in [3.8, 4) is 0 Å². The predicted octanol–water partition coefficient (Wildman–Crippen LogP) is 3.20. The quantitative estimate of drug-likeness (QED) is 0.708. The lowest BCUT2D eigenvalue weighted by atomic mass is 9.79. The molecule has 0 spiro atoms. The molecule has 0 radical (unpaired) electrons. The first-order valence-corrected chi connectivity index (χ1v) is 5.85. The summed E-state index contributed by atoms with van der Waals surface area (Å²) >= 11 is 0. The molecule has 0 bridgehead atoms. The molecule has 0 aromatic carbocycles. The second-order valence-electron chi connectivity index (χ2n) is 5.18. The van der Waals surface area contributed by atoms with Gasteiger partial charge in [0.05, 0.1) is 0 Å². The first-order chi connectivity index (χ1) is 6.09. The van der Waals surface area contributed by atoms with E-state index in [9.17, 15) is 0 Å². The Morgan fingerprint density at radius 2 is 1.46 bits per heavy atom. The molecule has 0 amide bonds. The van der Waals surface area contributed by atoms with Crippen LogP contribution < -0.4 is 5.32 Å². The fourth-order valence-electron chi connectivity index (χ4n) is 2.42. The Kier molecular flexibility index (Phi) is 4.24. The van der Waals surface area contributed by atoms with E-state index in [4.69, 9.17) is 0 Å². The lowest BCUT2D eigenvalue weighted by Crippen LogP contribution is -2.38. The third kappa shape index (κ3) is 3.68. The monoisotopic (exact) mass is 183 g/mol. The standard InChI is InChI=1S/C12H25N/c1-9(2)11-5-7-12(8-6-11)13-10(3)4/h9-13H,5-8H2,1-4H3/t11-,12+. The lowest BCUT2D eigenvalue weighted by Gasteiger charge is -2.32. The summed E-state index contributed by atoms with van der Waals surface area (Å²) in [6, 6.07) is 1.45. The zero-order valence-corrected chi connectivity index (χ0v) is 9.64. The number of rotatable bonds is 3. The van der Waals surface area contributed by atoms with E-state index in [1.54, 1.807) is 0 Å². The van der Waals surface area contributed by atoms with Gasteiger partial charge in [-0.05, 0) is 37.5 Å². The van der Waals surface area contributed by atoms with Crippen molar-refractivity contribution in [3.63, 3.8) is 0 Å². The topological polar surface area (TPSA) is 12.0 Å². The van der Waals surface area contributed by atoms with Gasteiger partial charge in [0.2, 0.25) is 0 Å². The van der Waals surface area contributed by atoms with Gasteiger partial charge in [0.25, 0.3) is 0 Å². The second-order valence-corrected chi connectivity index (χ2v) is 5.18.